The standard InChI is InChI=1S/C12H17NO4/c1-8(14)7-13(2)12(16)9-4-5-11(17-3)10(15)6-9/h4-6,8,14-15H,7H2,1-3H3. The van der Waals surface area contributed by atoms with Crippen molar-refractivity contribution < 1.29 is 19.7 Å². The van der Waals surface area contributed by atoms with Crippen molar-refractivity contribution in [1.82, 2.24) is 4.90 Å². The van der Waals surface area contributed by atoms with E-state index in [1.165, 1.54) is 24.1 Å². The van der Waals surface area contributed by atoms with Gasteiger partial charge in [0.25, 0.3) is 5.91 Å². The van der Waals surface area contributed by atoms with Crippen molar-refractivity contribution in [2.24, 2.45) is 0 Å². The lowest BCUT2D eigenvalue weighted by atomic mass is 10.1. The predicted octanol–water partition coefficient (Wildman–Crippen LogP) is 0.854. The van der Waals surface area contributed by atoms with Crippen LogP contribution in [0.1, 0.15) is 17.3 Å². The topological polar surface area (TPSA) is 70.0 Å². The SMILES string of the molecule is COc1ccc(C(=O)N(C)CC(C)O)cc1O. The number of methoxy groups -OCH3 is 1. The van der Waals surface area contributed by atoms with E-state index in [0.717, 1.165) is 0 Å². The van der Waals surface area contributed by atoms with Gasteiger partial charge in [-0.3, -0.25) is 4.79 Å². The number of aliphatic hydroxyl groups is 1. The molecule has 0 radical (unpaired) electrons. The fraction of sp³-hybridized carbons (Fsp3) is 0.417. The molecule has 94 valence electrons. The van der Waals surface area contributed by atoms with Crippen molar-refractivity contribution in [2.75, 3.05) is 20.7 Å². The lowest BCUT2D eigenvalue weighted by Crippen LogP contribution is -2.32. The molecule has 2 N–H and O–H groups in total. The van der Waals surface area contributed by atoms with Gasteiger partial charge in [0.1, 0.15) is 0 Å². The van der Waals surface area contributed by atoms with Crippen LogP contribution in [0.25, 0.3) is 0 Å². The number of phenolic OH excluding ortho intramolecular Hbond substituents is 1. The third-order valence-corrected chi connectivity index (χ3v) is 2.31. The number of nitrogens with zero attached hydrogens (tertiary/aromatic N) is 1. The van der Waals surface area contributed by atoms with Gasteiger partial charge in [0.2, 0.25) is 0 Å². The zero-order valence-corrected chi connectivity index (χ0v) is 10.2. The van der Waals surface area contributed by atoms with Crippen LogP contribution in [0.3, 0.4) is 0 Å². The molecule has 1 aromatic rings. The average Bonchev–Trinajstić information content (AvgIpc) is 2.27. The number of benzene rings is 1. The summed E-state index contributed by atoms with van der Waals surface area (Å²) >= 11 is 0. The van der Waals surface area contributed by atoms with Crippen LogP contribution in [0.4, 0.5) is 0 Å². The molecule has 0 aliphatic heterocycles. The van der Waals surface area contributed by atoms with Crippen molar-refractivity contribution in [3.8, 4) is 11.5 Å². The van der Waals surface area contributed by atoms with Gasteiger partial charge in [-0.05, 0) is 25.1 Å². The van der Waals surface area contributed by atoms with Crippen LogP contribution in [-0.2, 0) is 0 Å². The fourth-order valence-electron chi connectivity index (χ4n) is 1.52. The van der Waals surface area contributed by atoms with Gasteiger partial charge in [-0.15, -0.1) is 0 Å². The molecule has 0 saturated heterocycles. The first kappa shape index (κ1) is 13.3. The van der Waals surface area contributed by atoms with Gasteiger partial charge in [0, 0.05) is 19.2 Å². The Kier molecular flexibility index (Phi) is 4.34. The van der Waals surface area contributed by atoms with Gasteiger partial charge >= 0.3 is 0 Å². The minimum absolute atomic E-state index is 0.0798. The zero-order chi connectivity index (χ0) is 13.0. The normalized spacial score (nSPS) is 12.0. The number of aliphatic hydroxyl groups excluding tert-OH is 1. The van der Waals surface area contributed by atoms with Gasteiger partial charge in [0.15, 0.2) is 11.5 Å². The van der Waals surface area contributed by atoms with Crippen LogP contribution < -0.4 is 4.74 Å². The Hall–Kier alpha value is -1.75. The number of phenols is 1. The first-order valence-corrected chi connectivity index (χ1v) is 5.26. The quantitative estimate of drug-likeness (QED) is 0.817. The van der Waals surface area contributed by atoms with Gasteiger partial charge in [0.05, 0.1) is 13.2 Å². The highest BCUT2D eigenvalue weighted by Gasteiger charge is 2.15. The van der Waals surface area contributed by atoms with Crippen molar-refractivity contribution in [1.29, 1.82) is 0 Å². The summed E-state index contributed by atoms with van der Waals surface area (Å²) in [6, 6.07) is 4.44. The zero-order valence-electron chi connectivity index (χ0n) is 10.2. The third kappa shape index (κ3) is 3.35. The van der Waals surface area contributed by atoms with E-state index in [0.29, 0.717) is 11.3 Å². The molecule has 17 heavy (non-hydrogen) atoms. The molecule has 1 atom stereocenters. The molecule has 0 bridgehead atoms. The Balaban J connectivity index is 2.86. The Bertz CT molecular complexity index is 403. The molecule has 0 aliphatic carbocycles. The molecule has 1 amide bonds. The number of aromatic hydroxyl groups is 1. The summed E-state index contributed by atoms with van der Waals surface area (Å²) in [5, 5.41) is 18.8. The van der Waals surface area contributed by atoms with Crippen molar-refractivity contribution in [2.45, 2.75) is 13.0 Å². The molecule has 5 nitrogen and oxygen atoms in total. The second-order valence-corrected chi connectivity index (χ2v) is 3.92. The highest BCUT2D eigenvalue weighted by Crippen LogP contribution is 2.26. The van der Waals surface area contributed by atoms with E-state index in [2.05, 4.69) is 0 Å². The number of carbonyl (C=O) groups excluding carboxylic acids is 1. The molecule has 0 aromatic heterocycles. The van der Waals surface area contributed by atoms with Crippen LogP contribution >= 0.6 is 0 Å². The smallest absolute Gasteiger partial charge is 0.253 e. The Morgan fingerprint density at radius 2 is 2.18 bits per heavy atom. The van der Waals surface area contributed by atoms with Crippen LogP contribution in [-0.4, -0.2) is 47.8 Å². The van der Waals surface area contributed by atoms with E-state index in [9.17, 15) is 15.0 Å². The van der Waals surface area contributed by atoms with Crippen LogP contribution in [0.5, 0.6) is 11.5 Å². The Morgan fingerprint density at radius 1 is 1.53 bits per heavy atom. The summed E-state index contributed by atoms with van der Waals surface area (Å²) in [5.74, 6) is -0.0209. The maximum Gasteiger partial charge on any atom is 0.253 e. The summed E-state index contributed by atoms with van der Waals surface area (Å²) in [4.78, 5) is 13.3. The van der Waals surface area contributed by atoms with E-state index in [1.807, 2.05) is 0 Å². The monoisotopic (exact) mass is 239 g/mol. The molecule has 5 heteroatoms. The summed E-state index contributed by atoms with van der Waals surface area (Å²) in [6.07, 6.45) is -0.587. The minimum Gasteiger partial charge on any atom is -0.504 e. The van der Waals surface area contributed by atoms with Crippen LogP contribution in [0, 0.1) is 0 Å². The van der Waals surface area contributed by atoms with Gasteiger partial charge in [-0.2, -0.15) is 0 Å². The maximum absolute atomic E-state index is 11.9. The molecule has 0 fully saturated rings. The van der Waals surface area contributed by atoms with Crippen molar-refractivity contribution >= 4 is 5.91 Å². The second kappa shape index (κ2) is 5.54. The summed E-state index contributed by atoms with van der Waals surface area (Å²) in [7, 11) is 3.03. The van der Waals surface area contributed by atoms with Gasteiger partial charge in [-0.1, -0.05) is 0 Å². The second-order valence-electron chi connectivity index (χ2n) is 3.92. The molecule has 0 aliphatic rings. The molecule has 1 unspecified atom stereocenters. The molecule has 1 aromatic carbocycles. The number of hydrogen-bond donors (Lipinski definition) is 2. The van der Waals surface area contributed by atoms with E-state index in [4.69, 9.17) is 4.74 Å². The Morgan fingerprint density at radius 3 is 2.65 bits per heavy atom. The molecule has 0 saturated carbocycles. The lowest BCUT2D eigenvalue weighted by Gasteiger charge is -2.19. The molecule has 1 rings (SSSR count). The first-order chi connectivity index (χ1) is 7.95. The van der Waals surface area contributed by atoms with Gasteiger partial charge < -0.3 is 19.8 Å². The molecular formula is C12H17NO4. The predicted molar refractivity (Wildman–Crippen MR) is 63.3 cm³/mol. The average molecular weight is 239 g/mol. The fourth-order valence-corrected chi connectivity index (χ4v) is 1.52. The van der Waals surface area contributed by atoms with Crippen LogP contribution in [0.15, 0.2) is 18.2 Å². The number of ether oxygens (including phenoxy) is 1. The molecule has 0 heterocycles. The van der Waals surface area contributed by atoms with E-state index in [1.54, 1.807) is 20.0 Å². The molecule has 0 spiro atoms. The Labute approximate surface area is 100 Å². The van der Waals surface area contributed by atoms with Crippen molar-refractivity contribution in [3.05, 3.63) is 23.8 Å². The number of carbonyl (C=O) groups is 1. The summed E-state index contributed by atoms with van der Waals surface area (Å²) < 4.78 is 4.89. The molecular weight excluding hydrogens is 222 g/mol. The highest BCUT2D eigenvalue weighted by atomic mass is 16.5. The number of hydrogen-bond acceptors (Lipinski definition) is 4. The van der Waals surface area contributed by atoms with Gasteiger partial charge in [-0.25, -0.2) is 0 Å². The first-order valence-electron chi connectivity index (χ1n) is 5.26. The number of rotatable bonds is 4. The lowest BCUT2D eigenvalue weighted by molar-refractivity contribution is 0.0703. The van der Waals surface area contributed by atoms with Crippen molar-refractivity contribution in [3.63, 3.8) is 0 Å². The summed E-state index contributed by atoms with van der Waals surface area (Å²) in [5.41, 5.74) is 0.353. The van der Waals surface area contributed by atoms with Crippen LogP contribution in [0.2, 0.25) is 0 Å². The summed E-state index contributed by atoms with van der Waals surface area (Å²) in [6.45, 7) is 1.85. The minimum atomic E-state index is -0.587. The van der Waals surface area contributed by atoms with E-state index >= 15 is 0 Å². The highest BCUT2D eigenvalue weighted by molar-refractivity contribution is 5.94. The maximum atomic E-state index is 11.9. The largest absolute Gasteiger partial charge is 0.504 e. The number of amides is 1. The van der Waals surface area contributed by atoms with E-state index < -0.39 is 6.10 Å². The van der Waals surface area contributed by atoms with E-state index in [-0.39, 0.29) is 18.2 Å². The third-order valence-electron chi connectivity index (χ3n) is 2.31. The number of likely N-dealkylation sites (N-methyl/N-ethyl adjacent to an activating group) is 1.